The normalized spacial score (nSPS) is 10.5. The Hall–Kier alpha value is -2.49. The van der Waals surface area contributed by atoms with E-state index in [2.05, 4.69) is 0 Å². The summed E-state index contributed by atoms with van der Waals surface area (Å²) in [5.74, 6) is 0.487. The highest BCUT2D eigenvalue weighted by atomic mass is 16.5. The zero-order valence-corrected chi connectivity index (χ0v) is 13.0. The molecule has 2 aromatic carbocycles. The van der Waals surface area contributed by atoms with Gasteiger partial charge in [0, 0.05) is 12.6 Å². The zero-order chi connectivity index (χ0) is 15.9. The quantitative estimate of drug-likeness (QED) is 0.834. The van der Waals surface area contributed by atoms with Crippen LogP contribution >= 0.6 is 0 Å². The summed E-state index contributed by atoms with van der Waals surface area (Å²) in [6, 6.07) is 17.2. The average Bonchev–Trinajstić information content (AvgIpc) is 2.52. The molecule has 2 rings (SSSR count). The van der Waals surface area contributed by atoms with Gasteiger partial charge in [0.15, 0.2) is 6.61 Å². The molecule has 0 aliphatic carbocycles. The van der Waals surface area contributed by atoms with E-state index in [9.17, 15) is 4.79 Å². The molecule has 0 heterocycles. The highest BCUT2D eigenvalue weighted by molar-refractivity contribution is 5.78. The third-order valence-electron chi connectivity index (χ3n) is 3.41. The molecule has 0 bridgehead atoms. The second-order valence-corrected chi connectivity index (χ2v) is 5.43. The molecule has 0 radical (unpaired) electrons. The van der Waals surface area contributed by atoms with Crippen LogP contribution in [0.25, 0.3) is 0 Å². The van der Waals surface area contributed by atoms with E-state index in [1.54, 1.807) is 17.0 Å². The maximum atomic E-state index is 12.4. The van der Waals surface area contributed by atoms with Gasteiger partial charge in [-0.15, -0.1) is 0 Å². The molecule has 22 heavy (non-hydrogen) atoms. The van der Waals surface area contributed by atoms with E-state index in [1.807, 2.05) is 56.3 Å². The van der Waals surface area contributed by atoms with Crippen LogP contribution in [0.5, 0.6) is 5.75 Å². The number of carbonyl (C=O) groups is 1. The molecule has 0 saturated heterocycles. The fraction of sp³-hybridized carbons (Fsp3) is 0.278. The number of anilines is 1. The van der Waals surface area contributed by atoms with Crippen LogP contribution < -0.4 is 10.5 Å². The largest absolute Gasteiger partial charge is 0.482 e. The summed E-state index contributed by atoms with van der Waals surface area (Å²) in [6.07, 6.45) is 0. The summed E-state index contributed by atoms with van der Waals surface area (Å²) in [4.78, 5) is 14.2. The fourth-order valence-corrected chi connectivity index (χ4v) is 2.17. The van der Waals surface area contributed by atoms with E-state index in [-0.39, 0.29) is 18.6 Å². The lowest BCUT2D eigenvalue weighted by atomic mass is 10.2. The lowest BCUT2D eigenvalue weighted by molar-refractivity contribution is -0.135. The van der Waals surface area contributed by atoms with Crippen LogP contribution in [0.1, 0.15) is 19.4 Å². The molecule has 116 valence electrons. The summed E-state index contributed by atoms with van der Waals surface area (Å²) in [6.45, 7) is 4.56. The van der Waals surface area contributed by atoms with Crippen molar-refractivity contribution >= 4 is 11.6 Å². The molecule has 0 fully saturated rings. The highest BCUT2D eigenvalue weighted by Gasteiger charge is 2.18. The van der Waals surface area contributed by atoms with Crippen molar-refractivity contribution in [2.24, 2.45) is 0 Å². The van der Waals surface area contributed by atoms with Crippen LogP contribution in [0.4, 0.5) is 5.69 Å². The Balaban J connectivity index is 2.00. The number of benzene rings is 2. The number of para-hydroxylation sites is 2. The molecule has 0 aliphatic heterocycles. The van der Waals surface area contributed by atoms with Gasteiger partial charge in [-0.05, 0) is 31.5 Å². The van der Waals surface area contributed by atoms with E-state index >= 15 is 0 Å². The molecule has 0 aromatic heterocycles. The predicted octanol–water partition coefficient (Wildman–Crippen LogP) is 3.08. The van der Waals surface area contributed by atoms with Crippen molar-refractivity contribution in [3.63, 3.8) is 0 Å². The first-order chi connectivity index (χ1) is 10.6. The molecule has 4 nitrogen and oxygen atoms in total. The number of carbonyl (C=O) groups excluding carboxylic acids is 1. The number of nitrogens with zero attached hydrogens (tertiary/aromatic N) is 1. The van der Waals surface area contributed by atoms with Crippen molar-refractivity contribution < 1.29 is 9.53 Å². The Kier molecular flexibility index (Phi) is 5.42. The number of rotatable bonds is 6. The fourth-order valence-electron chi connectivity index (χ4n) is 2.17. The molecule has 0 atom stereocenters. The predicted molar refractivity (Wildman–Crippen MR) is 88.5 cm³/mol. The Morgan fingerprint density at radius 1 is 1.09 bits per heavy atom. The first-order valence-electron chi connectivity index (χ1n) is 7.38. The van der Waals surface area contributed by atoms with Gasteiger partial charge in [0.25, 0.3) is 5.91 Å². The van der Waals surface area contributed by atoms with Crippen molar-refractivity contribution in [2.45, 2.75) is 26.4 Å². The van der Waals surface area contributed by atoms with Crippen molar-refractivity contribution in [3.8, 4) is 5.75 Å². The van der Waals surface area contributed by atoms with Gasteiger partial charge in [0.05, 0.1) is 5.69 Å². The van der Waals surface area contributed by atoms with Gasteiger partial charge in [-0.2, -0.15) is 0 Å². The highest BCUT2D eigenvalue weighted by Crippen LogP contribution is 2.20. The van der Waals surface area contributed by atoms with Crippen molar-refractivity contribution in [1.29, 1.82) is 0 Å². The van der Waals surface area contributed by atoms with Crippen LogP contribution in [0.3, 0.4) is 0 Å². The van der Waals surface area contributed by atoms with Gasteiger partial charge in [-0.25, -0.2) is 0 Å². The molecule has 2 aromatic rings. The van der Waals surface area contributed by atoms with E-state index in [4.69, 9.17) is 10.5 Å². The smallest absolute Gasteiger partial charge is 0.261 e. The Morgan fingerprint density at radius 3 is 2.36 bits per heavy atom. The molecule has 2 N–H and O–H groups in total. The van der Waals surface area contributed by atoms with Crippen LogP contribution in [-0.4, -0.2) is 23.5 Å². The standard InChI is InChI=1S/C18H22N2O2/c1-14(2)20(12-15-8-4-3-5-9-15)18(21)13-22-17-11-7-6-10-16(17)19/h3-11,14H,12-13,19H2,1-2H3. The maximum Gasteiger partial charge on any atom is 0.261 e. The van der Waals surface area contributed by atoms with Crippen LogP contribution in [0.2, 0.25) is 0 Å². The third-order valence-corrected chi connectivity index (χ3v) is 3.41. The Morgan fingerprint density at radius 2 is 1.73 bits per heavy atom. The lowest BCUT2D eigenvalue weighted by Gasteiger charge is -2.27. The molecule has 0 spiro atoms. The summed E-state index contributed by atoms with van der Waals surface area (Å²) >= 11 is 0. The second-order valence-electron chi connectivity index (χ2n) is 5.43. The molecular weight excluding hydrogens is 276 g/mol. The van der Waals surface area contributed by atoms with Gasteiger partial charge in [0.1, 0.15) is 5.75 Å². The van der Waals surface area contributed by atoms with Crippen LogP contribution in [0.15, 0.2) is 54.6 Å². The maximum absolute atomic E-state index is 12.4. The third kappa shape index (κ3) is 4.25. The number of ether oxygens (including phenoxy) is 1. The van der Waals surface area contributed by atoms with E-state index in [0.29, 0.717) is 18.0 Å². The SMILES string of the molecule is CC(C)N(Cc1ccccc1)C(=O)COc1ccccc1N. The number of nitrogen functional groups attached to an aromatic ring is 1. The number of hydrogen-bond donors (Lipinski definition) is 1. The topological polar surface area (TPSA) is 55.6 Å². The van der Waals surface area contributed by atoms with Crippen molar-refractivity contribution in [1.82, 2.24) is 4.90 Å². The molecule has 0 unspecified atom stereocenters. The van der Waals surface area contributed by atoms with E-state index in [1.165, 1.54) is 0 Å². The lowest BCUT2D eigenvalue weighted by Crippen LogP contribution is -2.39. The van der Waals surface area contributed by atoms with E-state index in [0.717, 1.165) is 5.56 Å². The molecule has 0 saturated carbocycles. The van der Waals surface area contributed by atoms with Gasteiger partial charge in [-0.1, -0.05) is 42.5 Å². The Bertz CT molecular complexity index is 611. The molecule has 0 aliphatic rings. The summed E-state index contributed by atoms with van der Waals surface area (Å²) < 4.78 is 5.55. The number of hydrogen-bond acceptors (Lipinski definition) is 3. The second kappa shape index (κ2) is 7.50. The van der Waals surface area contributed by atoms with Gasteiger partial charge < -0.3 is 15.4 Å². The number of amides is 1. The minimum absolute atomic E-state index is 0.0147. The van der Waals surface area contributed by atoms with E-state index < -0.39 is 0 Å². The van der Waals surface area contributed by atoms with Gasteiger partial charge in [0.2, 0.25) is 0 Å². The van der Waals surface area contributed by atoms with Crippen LogP contribution in [0, 0.1) is 0 Å². The van der Waals surface area contributed by atoms with Crippen LogP contribution in [-0.2, 0) is 11.3 Å². The molecule has 1 amide bonds. The average molecular weight is 298 g/mol. The first-order valence-corrected chi connectivity index (χ1v) is 7.38. The molecule has 4 heteroatoms. The van der Waals surface area contributed by atoms with Crippen molar-refractivity contribution in [3.05, 3.63) is 60.2 Å². The summed E-state index contributed by atoms with van der Waals surface area (Å²) in [7, 11) is 0. The summed E-state index contributed by atoms with van der Waals surface area (Å²) in [5, 5.41) is 0. The minimum Gasteiger partial charge on any atom is -0.482 e. The minimum atomic E-state index is -0.0536. The zero-order valence-electron chi connectivity index (χ0n) is 13.0. The van der Waals surface area contributed by atoms with Crippen molar-refractivity contribution in [2.75, 3.05) is 12.3 Å². The first kappa shape index (κ1) is 15.9. The molecular formula is C18H22N2O2. The van der Waals surface area contributed by atoms with Gasteiger partial charge >= 0.3 is 0 Å². The summed E-state index contributed by atoms with van der Waals surface area (Å²) in [5.41, 5.74) is 7.45. The van der Waals surface area contributed by atoms with Gasteiger partial charge in [-0.3, -0.25) is 4.79 Å². The number of nitrogens with two attached hydrogens (primary N) is 1. The monoisotopic (exact) mass is 298 g/mol. The Labute approximate surface area is 131 Å².